The summed E-state index contributed by atoms with van der Waals surface area (Å²) in [5, 5.41) is 21.7. The molecule has 0 spiro atoms. The molecule has 0 fully saturated rings. The first kappa shape index (κ1) is 19.4. The molecular formula is C22H14ClN3O4. The van der Waals surface area contributed by atoms with Gasteiger partial charge in [0.1, 0.15) is 11.6 Å². The van der Waals surface area contributed by atoms with E-state index in [9.17, 15) is 20.0 Å². The standard InChI is InChI=1S/C22H14ClN3O4/c23-15-6-11-18-19(13-15)24-21(12-5-14-3-1-2-4-20(14)26(29)30)25(22(18)28)16-7-9-17(27)10-8-16/h1-13,27H/b12-5+. The lowest BCUT2D eigenvalue weighted by atomic mass is 10.1. The molecule has 0 saturated carbocycles. The van der Waals surface area contributed by atoms with Crippen LogP contribution in [-0.4, -0.2) is 19.6 Å². The number of nitro benzene ring substituents is 1. The highest BCUT2D eigenvalue weighted by Gasteiger charge is 2.13. The fourth-order valence-corrected chi connectivity index (χ4v) is 3.26. The first-order valence-electron chi connectivity index (χ1n) is 8.87. The second-order valence-corrected chi connectivity index (χ2v) is 6.87. The number of phenols is 1. The van der Waals surface area contributed by atoms with E-state index in [4.69, 9.17) is 11.6 Å². The van der Waals surface area contributed by atoms with Crippen LogP contribution in [0.4, 0.5) is 5.69 Å². The number of aromatic nitrogens is 2. The van der Waals surface area contributed by atoms with Crippen molar-refractivity contribution in [3.05, 3.63) is 104 Å². The fourth-order valence-electron chi connectivity index (χ4n) is 3.10. The lowest BCUT2D eigenvalue weighted by Crippen LogP contribution is -2.22. The van der Waals surface area contributed by atoms with Gasteiger partial charge in [0.2, 0.25) is 0 Å². The highest BCUT2D eigenvalue weighted by atomic mass is 35.5. The molecule has 4 rings (SSSR count). The van der Waals surface area contributed by atoms with Crippen molar-refractivity contribution in [3.63, 3.8) is 0 Å². The summed E-state index contributed by atoms with van der Waals surface area (Å²) >= 11 is 6.06. The van der Waals surface area contributed by atoms with Crippen LogP contribution in [0.3, 0.4) is 0 Å². The summed E-state index contributed by atoms with van der Waals surface area (Å²) in [5.74, 6) is 0.322. The summed E-state index contributed by atoms with van der Waals surface area (Å²) in [6, 6.07) is 17.2. The van der Waals surface area contributed by atoms with Gasteiger partial charge < -0.3 is 5.11 Å². The van der Waals surface area contributed by atoms with Crippen LogP contribution in [0.25, 0.3) is 28.7 Å². The second kappa shape index (κ2) is 7.81. The van der Waals surface area contributed by atoms with E-state index in [0.29, 0.717) is 27.2 Å². The number of halogens is 1. The van der Waals surface area contributed by atoms with Gasteiger partial charge in [0, 0.05) is 11.1 Å². The number of phenolic OH excluding ortho intramolecular Hbond substituents is 1. The zero-order valence-electron chi connectivity index (χ0n) is 15.4. The third-order valence-electron chi connectivity index (χ3n) is 4.51. The summed E-state index contributed by atoms with van der Waals surface area (Å²) in [7, 11) is 0. The number of para-hydroxylation sites is 1. The van der Waals surface area contributed by atoms with Crippen LogP contribution in [0, 0.1) is 10.1 Å². The quantitative estimate of drug-likeness (QED) is 0.377. The number of nitro groups is 1. The van der Waals surface area contributed by atoms with Crippen LogP contribution < -0.4 is 5.56 Å². The van der Waals surface area contributed by atoms with Gasteiger partial charge in [-0.3, -0.25) is 19.5 Å². The normalized spacial score (nSPS) is 11.2. The first-order chi connectivity index (χ1) is 14.4. The van der Waals surface area contributed by atoms with Gasteiger partial charge in [0.25, 0.3) is 11.2 Å². The van der Waals surface area contributed by atoms with Crippen molar-refractivity contribution in [1.29, 1.82) is 0 Å². The second-order valence-electron chi connectivity index (χ2n) is 6.44. The number of hydrogen-bond donors (Lipinski definition) is 1. The highest BCUT2D eigenvalue weighted by molar-refractivity contribution is 6.31. The maximum absolute atomic E-state index is 13.2. The van der Waals surface area contributed by atoms with E-state index in [1.807, 2.05) is 0 Å². The van der Waals surface area contributed by atoms with Gasteiger partial charge >= 0.3 is 0 Å². The molecule has 0 atom stereocenters. The van der Waals surface area contributed by atoms with Gasteiger partial charge in [0.05, 0.1) is 27.1 Å². The lowest BCUT2D eigenvalue weighted by molar-refractivity contribution is -0.385. The van der Waals surface area contributed by atoms with Crippen LogP contribution in [0.1, 0.15) is 11.4 Å². The van der Waals surface area contributed by atoms with E-state index in [-0.39, 0.29) is 22.8 Å². The van der Waals surface area contributed by atoms with E-state index < -0.39 is 4.92 Å². The minimum Gasteiger partial charge on any atom is -0.508 e. The molecule has 0 amide bonds. The Kier molecular flexibility index (Phi) is 5.04. The topological polar surface area (TPSA) is 98.3 Å². The van der Waals surface area contributed by atoms with Gasteiger partial charge in [-0.25, -0.2) is 4.98 Å². The Bertz CT molecular complexity index is 1360. The Morgan fingerprint density at radius 3 is 2.50 bits per heavy atom. The third kappa shape index (κ3) is 3.66. The first-order valence-corrected chi connectivity index (χ1v) is 9.25. The summed E-state index contributed by atoms with van der Waals surface area (Å²) in [5.41, 5.74) is 0.884. The molecule has 1 aromatic heterocycles. The molecule has 148 valence electrons. The molecule has 0 aliphatic heterocycles. The molecule has 0 radical (unpaired) electrons. The predicted octanol–water partition coefficient (Wildman–Crippen LogP) is 4.82. The Balaban J connectivity index is 1.96. The van der Waals surface area contributed by atoms with E-state index in [1.54, 1.807) is 48.5 Å². The Morgan fingerprint density at radius 1 is 1.03 bits per heavy atom. The molecule has 0 saturated heterocycles. The summed E-state index contributed by atoms with van der Waals surface area (Å²) < 4.78 is 1.38. The molecule has 4 aromatic rings. The van der Waals surface area contributed by atoms with Crippen molar-refractivity contribution in [2.24, 2.45) is 0 Å². The van der Waals surface area contributed by atoms with Crippen LogP contribution in [0.5, 0.6) is 5.75 Å². The van der Waals surface area contributed by atoms with Crippen molar-refractivity contribution < 1.29 is 10.0 Å². The smallest absolute Gasteiger partial charge is 0.276 e. The van der Waals surface area contributed by atoms with Gasteiger partial charge in [0.15, 0.2) is 0 Å². The third-order valence-corrected chi connectivity index (χ3v) is 4.75. The molecule has 0 aliphatic carbocycles. The van der Waals surface area contributed by atoms with E-state index in [2.05, 4.69) is 4.98 Å². The lowest BCUT2D eigenvalue weighted by Gasteiger charge is -2.12. The number of fused-ring (bicyclic) bond motifs is 1. The molecule has 30 heavy (non-hydrogen) atoms. The maximum atomic E-state index is 13.2. The zero-order valence-corrected chi connectivity index (χ0v) is 16.2. The molecule has 1 heterocycles. The number of nitrogens with zero attached hydrogens (tertiary/aromatic N) is 3. The molecule has 0 unspecified atom stereocenters. The predicted molar refractivity (Wildman–Crippen MR) is 116 cm³/mol. The van der Waals surface area contributed by atoms with Crippen molar-refractivity contribution in [2.75, 3.05) is 0 Å². The van der Waals surface area contributed by atoms with Crippen LogP contribution in [0.15, 0.2) is 71.5 Å². The van der Waals surface area contributed by atoms with Crippen LogP contribution in [0.2, 0.25) is 5.02 Å². The minimum atomic E-state index is -0.472. The van der Waals surface area contributed by atoms with Gasteiger partial charge in [-0.15, -0.1) is 0 Å². The minimum absolute atomic E-state index is 0.0592. The number of aromatic hydroxyl groups is 1. The monoisotopic (exact) mass is 419 g/mol. The molecule has 1 N–H and O–H groups in total. The number of hydrogen-bond acceptors (Lipinski definition) is 5. The average molecular weight is 420 g/mol. The summed E-state index contributed by atoms with van der Waals surface area (Å²) in [6.07, 6.45) is 3.07. The Morgan fingerprint density at radius 2 is 1.77 bits per heavy atom. The molecule has 0 aliphatic rings. The average Bonchev–Trinajstić information content (AvgIpc) is 2.73. The van der Waals surface area contributed by atoms with Crippen molar-refractivity contribution in [2.45, 2.75) is 0 Å². The van der Waals surface area contributed by atoms with Crippen LogP contribution in [-0.2, 0) is 0 Å². The Labute approximate surface area is 175 Å². The number of rotatable bonds is 4. The molecule has 0 bridgehead atoms. The van der Waals surface area contributed by atoms with Gasteiger partial charge in [-0.2, -0.15) is 0 Å². The van der Waals surface area contributed by atoms with Crippen molar-refractivity contribution >= 4 is 40.3 Å². The van der Waals surface area contributed by atoms with Crippen molar-refractivity contribution in [1.82, 2.24) is 9.55 Å². The van der Waals surface area contributed by atoms with Gasteiger partial charge in [-0.05, 0) is 60.7 Å². The number of benzene rings is 3. The molecule has 8 heteroatoms. The maximum Gasteiger partial charge on any atom is 0.276 e. The SMILES string of the molecule is O=c1c2ccc(Cl)cc2nc(/C=C/c2ccccc2[N+](=O)[O-])n1-c1ccc(O)cc1. The van der Waals surface area contributed by atoms with E-state index in [1.165, 1.54) is 34.9 Å². The van der Waals surface area contributed by atoms with Gasteiger partial charge in [-0.1, -0.05) is 23.7 Å². The van der Waals surface area contributed by atoms with Crippen molar-refractivity contribution in [3.8, 4) is 11.4 Å². The molecule has 7 nitrogen and oxygen atoms in total. The summed E-state index contributed by atoms with van der Waals surface area (Å²) in [4.78, 5) is 28.6. The Hall–Kier alpha value is -3.97. The van der Waals surface area contributed by atoms with E-state index in [0.717, 1.165) is 0 Å². The fraction of sp³-hybridized carbons (Fsp3) is 0. The zero-order chi connectivity index (χ0) is 21.3. The largest absolute Gasteiger partial charge is 0.508 e. The molecule has 3 aromatic carbocycles. The summed E-state index contributed by atoms with van der Waals surface area (Å²) in [6.45, 7) is 0. The molecular weight excluding hydrogens is 406 g/mol. The highest BCUT2D eigenvalue weighted by Crippen LogP contribution is 2.22. The van der Waals surface area contributed by atoms with E-state index >= 15 is 0 Å². The van der Waals surface area contributed by atoms with Crippen LogP contribution >= 0.6 is 11.6 Å².